The van der Waals surface area contributed by atoms with E-state index in [-0.39, 0.29) is 0 Å². The van der Waals surface area contributed by atoms with Gasteiger partial charge >= 0.3 is 5.97 Å². The monoisotopic (exact) mass is 167 g/mol. The first-order chi connectivity index (χ1) is 5.75. The summed E-state index contributed by atoms with van der Waals surface area (Å²) in [4.78, 5) is 18.4. The summed E-state index contributed by atoms with van der Waals surface area (Å²) in [5.41, 5.74) is 5.94. The number of aromatic nitrogens is 2. The van der Waals surface area contributed by atoms with Crippen LogP contribution in [0.25, 0.3) is 0 Å². The Bertz CT molecular complexity index is 263. The van der Waals surface area contributed by atoms with Gasteiger partial charge in [0.05, 0.1) is 12.8 Å². The Labute approximate surface area is 69.6 Å². The second kappa shape index (κ2) is 3.77. The molecule has 5 nitrogen and oxygen atoms in total. The highest BCUT2D eigenvalue weighted by atomic mass is 16.5. The lowest BCUT2D eigenvalue weighted by Gasteiger charge is -2.06. The van der Waals surface area contributed by atoms with Gasteiger partial charge in [0, 0.05) is 6.20 Å². The minimum absolute atomic E-state index is 0.455. The predicted molar refractivity (Wildman–Crippen MR) is 41.0 cm³/mol. The number of carbonyl (C=O) groups excluding carboxylic acids is 1. The molecule has 1 atom stereocenters. The van der Waals surface area contributed by atoms with E-state index < -0.39 is 12.0 Å². The van der Waals surface area contributed by atoms with Crippen LogP contribution >= 0.6 is 0 Å². The Hall–Kier alpha value is -1.49. The van der Waals surface area contributed by atoms with Crippen LogP contribution in [0.3, 0.4) is 0 Å². The summed E-state index contributed by atoms with van der Waals surface area (Å²) in [5.74, 6) is -0.506. The minimum atomic E-state index is -0.821. The zero-order valence-electron chi connectivity index (χ0n) is 6.60. The number of nitrogens with zero attached hydrogens (tertiary/aromatic N) is 2. The van der Waals surface area contributed by atoms with Crippen LogP contribution in [0.4, 0.5) is 0 Å². The number of methoxy groups -OCH3 is 1. The van der Waals surface area contributed by atoms with Gasteiger partial charge < -0.3 is 10.5 Å². The Balaban J connectivity index is 2.78. The van der Waals surface area contributed by atoms with Gasteiger partial charge in [-0.2, -0.15) is 0 Å². The molecule has 0 aliphatic rings. The van der Waals surface area contributed by atoms with Crippen molar-refractivity contribution in [3.8, 4) is 0 Å². The largest absolute Gasteiger partial charge is 0.468 e. The van der Waals surface area contributed by atoms with Crippen LogP contribution in [0.5, 0.6) is 0 Å². The maximum Gasteiger partial charge on any atom is 0.328 e. The van der Waals surface area contributed by atoms with Crippen LogP contribution in [0.2, 0.25) is 0 Å². The predicted octanol–water partition coefficient (Wildman–Crippen LogP) is -0.351. The van der Waals surface area contributed by atoms with Gasteiger partial charge in [0.1, 0.15) is 12.4 Å². The zero-order valence-corrected chi connectivity index (χ0v) is 6.60. The molecular formula is C7H9N3O2. The molecule has 0 fully saturated rings. The van der Waals surface area contributed by atoms with Crippen LogP contribution in [0, 0.1) is 0 Å². The molecule has 1 rings (SSSR count). The van der Waals surface area contributed by atoms with Gasteiger partial charge in [-0.15, -0.1) is 0 Å². The van der Waals surface area contributed by atoms with E-state index in [4.69, 9.17) is 5.73 Å². The van der Waals surface area contributed by atoms with Crippen molar-refractivity contribution in [3.05, 3.63) is 24.3 Å². The molecule has 0 amide bonds. The Morgan fingerprint density at radius 3 is 3.00 bits per heavy atom. The summed E-state index contributed by atoms with van der Waals surface area (Å²) in [6.45, 7) is 0. The summed E-state index contributed by atoms with van der Waals surface area (Å²) in [6, 6.07) is 0.750. The molecule has 2 N–H and O–H groups in total. The molecule has 0 spiro atoms. The molecule has 0 aliphatic heterocycles. The molecule has 0 bridgehead atoms. The average molecular weight is 167 g/mol. The highest BCUT2D eigenvalue weighted by molar-refractivity contribution is 5.76. The summed E-state index contributed by atoms with van der Waals surface area (Å²) in [7, 11) is 1.28. The van der Waals surface area contributed by atoms with Crippen molar-refractivity contribution in [3.63, 3.8) is 0 Å². The lowest BCUT2D eigenvalue weighted by molar-refractivity contribution is -0.142. The quantitative estimate of drug-likeness (QED) is 0.609. The van der Waals surface area contributed by atoms with Gasteiger partial charge in [-0.3, -0.25) is 0 Å². The smallest absolute Gasteiger partial charge is 0.328 e. The normalized spacial score (nSPS) is 12.2. The second-order valence-corrected chi connectivity index (χ2v) is 2.14. The summed E-state index contributed by atoms with van der Waals surface area (Å²) >= 11 is 0. The summed E-state index contributed by atoms with van der Waals surface area (Å²) < 4.78 is 4.44. The van der Waals surface area contributed by atoms with E-state index in [1.807, 2.05) is 0 Å². The molecule has 12 heavy (non-hydrogen) atoms. The van der Waals surface area contributed by atoms with Crippen LogP contribution in [0.1, 0.15) is 11.7 Å². The molecule has 0 radical (unpaired) electrons. The molecule has 5 heteroatoms. The Kier molecular flexibility index (Phi) is 2.71. The van der Waals surface area contributed by atoms with E-state index >= 15 is 0 Å². The van der Waals surface area contributed by atoms with Gasteiger partial charge in [0.2, 0.25) is 0 Å². The first kappa shape index (κ1) is 8.61. The Morgan fingerprint density at radius 1 is 1.75 bits per heavy atom. The van der Waals surface area contributed by atoms with Crippen LogP contribution in [0.15, 0.2) is 18.6 Å². The highest BCUT2D eigenvalue weighted by Crippen LogP contribution is 2.05. The first-order valence-corrected chi connectivity index (χ1v) is 3.35. The lowest BCUT2D eigenvalue weighted by Crippen LogP contribution is -2.23. The average Bonchev–Trinajstić information content (AvgIpc) is 2.17. The van der Waals surface area contributed by atoms with E-state index in [1.54, 1.807) is 6.07 Å². The van der Waals surface area contributed by atoms with Gasteiger partial charge in [0.25, 0.3) is 0 Å². The zero-order chi connectivity index (χ0) is 8.97. The van der Waals surface area contributed by atoms with E-state index in [0.29, 0.717) is 5.69 Å². The molecular weight excluding hydrogens is 158 g/mol. The molecule has 0 aliphatic carbocycles. The number of esters is 1. The SMILES string of the molecule is COC(=O)C(N)c1ccncn1. The fraction of sp³-hybridized carbons (Fsp3) is 0.286. The maximum atomic E-state index is 10.9. The van der Waals surface area contributed by atoms with Crippen molar-refractivity contribution in [2.45, 2.75) is 6.04 Å². The maximum absolute atomic E-state index is 10.9. The minimum Gasteiger partial charge on any atom is -0.468 e. The van der Waals surface area contributed by atoms with E-state index in [9.17, 15) is 4.79 Å². The number of carbonyl (C=O) groups is 1. The molecule has 64 valence electrons. The summed E-state index contributed by atoms with van der Waals surface area (Å²) in [5, 5.41) is 0. The number of hydrogen-bond acceptors (Lipinski definition) is 5. The fourth-order valence-corrected chi connectivity index (χ4v) is 0.733. The third-order valence-electron chi connectivity index (χ3n) is 1.38. The van der Waals surface area contributed by atoms with E-state index in [1.165, 1.54) is 19.6 Å². The summed E-state index contributed by atoms with van der Waals surface area (Å²) in [6.07, 6.45) is 2.85. The highest BCUT2D eigenvalue weighted by Gasteiger charge is 2.16. The van der Waals surface area contributed by atoms with Crippen molar-refractivity contribution in [1.29, 1.82) is 0 Å². The van der Waals surface area contributed by atoms with Gasteiger partial charge in [-0.1, -0.05) is 0 Å². The molecule has 1 unspecified atom stereocenters. The molecule has 0 aromatic carbocycles. The standard InChI is InChI=1S/C7H9N3O2/c1-12-7(11)6(8)5-2-3-9-4-10-5/h2-4,6H,8H2,1H3. The van der Waals surface area contributed by atoms with Crippen molar-refractivity contribution in [2.75, 3.05) is 7.11 Å². The van der Waals surface area contributed by atoms with Gasteiger partial charge in [-0.25, -0.2) is 14.8 Å². The van der Waals surface area contributed by atoms with Gasteiger partial charge in [0.15, 0.2) is 0 Å². The van der Waals surface area contributed by atoms with E-state index in [0.717, 1.165) is 0 Å². The molecule has 1 aromatic heterocycles. The third-order valence-corrected chi connectivity index (χ3v) is 1.38. The van der Waals surface area contributed by atoms with Crippen molar-refractivity contribution in [2.24, 2.45) is 5.73 Å². The number of nitrogens with two attached hydrogens (primary N) is 1. The van der Waals surface area contributed by atoms with E-state index in [2.05, 4.69) is 14.7 Å². The fourth-order valence-electron chi connectivity index (χ4n) is 0.733. The third kappa shape index (κ3) is 1.76. The number of rotatable bonds is 2. The van der Waals surface area contributed by atoms with Gasteiger partial charge in [-0.05, 0) is 6.07 Å². The molecule has 1 aromatic rings. The first-order valence-electron chi connectivity index (χ1n) is 3.35. The number of hydrogen-bond donors (Lipinski definition) is 1. The van der Waals surface area contributed by atoms with Crippen molar-refractivity contribution >= 4 is 5.97 Å². The second-order valence-electron chi connectivity index (χ2n) is 2.14. The van der Waals surface area contributed by atoms with Crippen molar-refractivity contribution < 1.29 is 9.53 Å². The molecule has 1 heterocycles. The number of ether oxygens (including phenoxy) is 1. The van der Waals surface area contributed by atoms with Crippen LogP contribution < -0.4 is 5.73 Å². The van der Waals surface area contributed by atoms with Crippen LogP contribution in [-0.2, 0) is 9.53 Å². The van der Waals surface area contributed by atoms with Crippen molar-refractivity contribution in [1.82, 2.24) is 9.97 Å². The lowest BCUT2D eigenvalue weighted by atomic mass is 10.2. The molecule has 0 saturated heterocycles. The van der Waals surface area contributed by atoms with Crippen LogP contribution in [-0.4, -0.2) is 23.0 Å². The Morgan fingerprint density at radius 2 is 2.50 bits per heavy atom. The topological polar surface area (TPSA) is 78.1 Å². The molecule has 0 saturated carbocycles.